The van der Waals surface area contributed by atoms with Crippen LogP contribution in [0.5, 0.6) is 0 Å². The highest BCUT2D eigenvalue weighted by Crippen LogP contribution is 2.34. The fraction of sp³-hybridized carbons (Fsp3) is 0.412. The highest BCUT2D eigenvalue weighted by molar-refractivity contribution is 6.05. The summed E-state index contributed by atoms with van der Waals surface area (Å²) in [5.41, 5.74) is 3.71. The normalized spacial score (nSPS) is 17.6. The van der Waals surface area contributed by atoms with Gasteiger partial charge in [0.15, 0.2) is 0 Å². The minimum Gasteiger partial charge on any atom is -0.372 e. The van der Waals surface area contributed by atoms with Gasteiger partial charge in [0.25, 0.3) is 0 Å². The Kier molecular flexibility index (Phi) is 3.64. The van der Waals surface area contributed by atoms with E-state index in [4.69, 9.17) is 4.52 Å². The van der Waals surface area contributed by atoms with Crippen molar-refractivity contribution in [2.45, 2.75) is 40.3 Å². The number of amides is 1. The first kappa shape index (κ1) is 14.6. The minimum absolute atomic E-state index is 0.0914. The molecule has 0 saturated heterocycles. The largest absolute Gasteiger partial charge is 0.372 e. The van der Waals surface area contributed by atoms with Crippen molar-refractivity contribution in [3.8, 4) is 0 Å². The molecule has 1 aromatic heterocycles. The average molecular weight is 299 g/mol. The van der Waals surface area contributed by atoms with Crippen molar-refractivity contribution >= 4 is 17.3 Å². The molecule has 5 nitrogen and oxygen atoms in total. The molecule has 1 amide bonds. The van der Waals surface area contributed by atoms with Crippen LogP contribution >= 0.6 is 0 Å². The maximum atomic E-state index is 12.9. The van der Waals surface area contributed by atoms with E-state index in [0.29, 0.717) is 6.54 Å². The molecule has 0 aliphatic carbocycles. The number of benzene rings is 1. The second-order valence-electron chi connectivity index (χ2n) is 6.11. The van der Waals surface area contributed by atoms with Gasteiger partial charge in [0.1, 0.15) is 11.8 Å². The molecule has 3 rings (SSSR count). The van der Waals surface area contributed by atoms with Gasteiger partial charge in [-0.05, 0) is 31.9 Å². The van der Waals surface area contributed by atoms with Gasteiger partial charge in [0.2, 0.25) is 5.91 Å². The maximum absolute atomic E-state index is 12.9. The van der Waals surface area contributed by atoms with Crippen LogP contribution in [0.3, 0.4) is 0 Å². The zero-order valence-corrected chi connectivity index (χ0v) is 13.4. The van der Waals surface area contributed by atoms with Gasteiger partial charge in [-0.1, -0.05) is 31.1 Å². The number of nitrogens with one attached hydrogen (secondary N) is 1. The van der Waals surface area contributed by atoms with Gasteiger partial charge in [0, 0.05) is 5.56 Å². The van der Waals surface area contributed by atoms with Crippen LogP contribution in [0.15, 0.2) is 28.8 Å². The lowest BCUT2D eigenvalue weighted by atomic mass is 9.98. The van der Waals surface area contributed by atoms with Crippen molar-refractivity contribution in [3.05, 3.63) is 41.3 Å². The van der Waals surface area contributed by atoms with Crippen LogP contribution in [0.25, 0.3) is 0 Å². The third kappa shape index (κ3) is 2.36. The quantitative estimate of drug-likeness (QED) is 0.945. The summed E-state index contributed by atoms with van der Waals surface area (Å²) < 4.78 is 5.23. The van der Waals surface area contributed by atoms with Crippen LogP contribution in [-0.4, -0.2) is 17.1 Å². The predicted octanol–water partition coefficient (Wildman–Crippen LogP) is 3.27. The number of anilines is 2. The molecule has 116 valence electrons. The number of hydrogen-bond donors (Lipinski definition) is 1. The molecule has 2 heterocycles. The van der Waals surface area contributed by atoms with Crippen LogP contribution in [0.2, 0.25) is 0 Å². The summed E-state index contributed by atoms with van der Waals surface area (Å²) in [5.74, 6) is 1.07. The van der Waals surface area contributed by atoms with Crippen molar-refractivity contribution in [2.75, 3.05) is 10.2 Å². The number of aryl methyl sites for hydroxylation is 2. The Morgan fingerprint density at radius 3 is 2.68 bits per heavy atom. The number of nitrogens with zero attached hydrogens (tertiary/aromatic N) is 2. The topological polar surface area (TPSA) is 58.4 Å². The molecule has 1 N–H and O–H groups in total. The van der Waals surface area contributed by atoms with E-state index < -0.39 is 0 Å². The van der Waals surface area contributed by atoms with Crippen LogP contribution in [0.4, 0.5) is 11.4 Å². The summed E-state index contributed by atoms with van der Waals surface area (Å²) >= 11 is 0. The Bertz CT molecular complexity index is 686. The average Bonchev–Trinajstić information content (AvgIpc) is 2.81. The van der Waals surface area contributed by atoms with Gasteiger partial charge in [-0.15, -0.1) is 0 Å². The third-order valence-electron chi connectivity index (χ3n) is 4.20. The van der Waals surface area contributed by atoms with Crippen molar-refractivity contribution < 1.29 is 9.32 Å². The summed E-state index contributed by atoms with van der Waals surface area (Å²) in [4.78, 5) is 14.7. The second kappa shape index (κ2) is 5.48. The maximum Gasteiger partial charge on any atom is 0.250 e. The molecule has 1 aromatic carbocycles. The summed E-state index contributed by atoms with van der Waals surface area (Å²) in [7, 11) is 0. The molecule has 1 aliphatic rings. The van der Waals surface area contributed by atoms with Crippen molar-refractivity contribution in [2.24, 2.45) is 5.92 Å². The van der Waals surface area contributed by atoms with E-state index in [-0.39, 0.29) is 17.9 Å². The number of carbonyl (C=O) groups excluding carboxylic acids is 1. The molecular weight excluding hydrogens is 278 g/mol. The van der Waals surface area contributed by atoms with E-state index in [0.717, 1.165) is 28.4 Å². The first-order chi connectivity index (χ1) is 10.5. The van der Waals surface area contributed by atoms with Crippen LogP contribution in [0.1, 0.15) is 30.9 Å². The highest BCUT2D eigenvalue weighted by Gasteiger charge is 2.34. The fourth-order valence-corrected chi connectivity index (χ4v) is 2.85. The van der Waals surface area contributed by atoms with Gasteiger partial charge >= 0.3 is 0 Å². The molecule has 0 saturated carbocycles. The Labute approximate surface area is 130 Å². The summed E-state index contributed by atoms with van der Waals surface area (Å²) in [6.07, 6.45) is 0. The number of aromatic nitrogens is 1. The van der Waals surface area contributed by atoms with Gasteiger partial charge in [-0.2, -0.15) is 0 Å². The molecule has 1 aliphatic heterocycles. The van der Waals surface area contributed by atoms with E-state index in [2.05, 4.69) is 24.3 Å². The Balaban J connectivity index is 2.02. The van der Waals surface area contributed by atoms with E-state index >= 15 is 0 Å². The predicted molar refractivity (Wildman–Crippen MR) is 85.9 cm³/mol. The van der Waals surface area contributed by atoms with Crippen molar-refractivity contribution in [3.63, 3.8) is 0 Å². The lowest BCUT2D eigenvalue weighted by Gasteiger charge is -2.37. The number of para-hydroxylation sites is 2. The van der Waals surface area contributed by atoms with Gasteiger partial charge in [0.05, 0.1) is 23.6 Å². The molecule has 0 radical (unpaired) electrons. The number of hydrogen-bond acceptors (Lipinski definition) is 4. The van der Waals surface area contributed by atoms with Crippen LogP contribution in [-0.2, 0) is 11.3 Å². The zero-order chi connectivity index (χ0) is 15.9. The lowest BCUT2D eigenvalue weighted by Crippen LogP contribution is -2.49. The standard InChI is InChI=1S/C17H21N3O2/c1-10(2)16-17(21)20(9-13-11(3)19-22-12(13)4)15-8-6-5-7-14(15)18-16/h5-8,10,16,18H,9H2,1-4H3. The smallest absolute Gasteiger partial charge is 0.250 e. The SMILES string of the molecule is Cc1noc(C)c1CN1C(=O)C(C(C)C)Nc2ccccc21. The molecule has 0 bridgehead atoms. The van der Waals surface area contributed by atoms with Crippen molar-refractivity contribution in [1.29, 1.82) is 0 Å². The monoisotopic (exact) mass is 299 g/mol. The molecule has 0 spiro atoms. The lowest BCUT2D eigenvalue weighted by molar-refractivity contribution is -0.120. The van der Waals surface area contributed by atoms with E-state index in [1.165, 1.54) is 0 Å². The second-order valence-corrected chi connectivity index (χ2v) is 6.11. The molecule has 2 aromatic rings. The number of fused-ring (bicyclic) bond motifs is 1. The van der Waals surface area contributed by atoms with Gasteiger partial charge in [-0.3, -0.25) is 4.79 Å². The Morgan fingerprint density at radius 1 is 1.32 bits per heavy atom. The van der Waals surface area contributed by atoms with E-state index in [1.54, 1.807) is 0 Å². The first-order valence-electron chi connectivity index (χ1n) is 7.57. The summed E-state index contributed by atoms with van der Waals surface area (Å²) in [6.45, 7) is 8.38. The first-order valence-corrected chi connectivity index (χ1v) is 7.57. The molecule has 0 fully saturated rings. The van der Waals surface area contributed by atoms with E-state index in [1.807, 2.05) is 43.0 Å². The van der Waals surface area contributed by atoms with Crippen LogP contribution < -0.4 is 10.2 Å². The van der Waals surface area contributed by atoms with Gasteiger partial charge in [-0.25, -0.2) is 0 Å². The molecule has 1 atom stereocenters. The van der Waals surface area contributed by atoms with E-state index in [9.17, 15) is 4.79 Å². The van der Waals surface area contributed by atoms with Crippen molar-refractivity contribution in [1.82, 2.24) is 5.16 Å². The zero-order valence-electron chi connectivity index (χ0n) is 13.4. The minimum atomic E-state index is -0.213. The summed E-state index contributed by atoms with van der Waals surface area (Å²) in [6, 6.07) is 7.69. The number of carbonyl (C=O) groups is 1. The molecule has 22 heavy (non-hydrogen) atoms. The number of rotatable bonds is 3. The molecule has 5 heteroatoms. The summed E-state index contributed by atoms with van der Waals surface area (Å²) in [5, 5.41) is 7.34. The Morgan fingerprint density at radius 2 is 2.05 bits per heavy atom. The van der Waals surface area contributed by atoms with Gasteiger partial charge < -0.3 is 14.7 Å². The highest BCUT2D eigenvalue weighted by atomic mass is 16.5. The Hall–Kier alpha value is -2.30. The molecular formula is C17H21N3O2. The third-order valence-corrected chi connectivity index (χ3v) is 4.20. The fourth-order valence-electron chi connectivity index (χ4n) is 2.85. The molecule has 1 unspecified atom stereocenters. The van der Waals surface area contributed by atoms with Crippen LogP contribution in [0, 0.1) is 19.8 Å².